The first-order valence-electron chi connectivity index (χ1n) is 13.1. The second-order valence-electron chi connectivity index (χ2n) is 10.1. The molecule has 0 bridgehead atoms. The quantitative estimate of drug-likeness (QED) is 0.427. The number of nitrogens with one attached hydrogen (secondary N) is 1. The summed E-state index contributed by atoms with van der Waals surface area (Å²) in [6.45, 7) is 1.23. The van der Waals surface area contributed by atoms with E-state index in [2.05, 4.69) is 4.98 Å². The van der Waals surface area contributed by atoms with Crippen LogP contribution >= 0.6 is 23.1 Å². The molecule has 2 fully saturated rings. The molecule has 0 aliphatic carbocycles. The molecule has 3 atom stereocenters. The largest absolute Gasteiger partial charge is 0.484 e. The highest BCUT2D eigenvalue weighted by Crippen LogP contribution is 2.53. The lowest BCUT2D eigenvalue weighted by atomic mass is 9.83. The molecular weight excluding hydrogens is 579 g/mol. The van der Waals surface area contributed by atoms with E-state index in [0.29, 0.717) is 34.3 Å². The van der Waals surface area contributed by atoms with Crippen LogP contribution in [0.2, 0.25) is 0 Å². The summed E-state index contributed by atoms with van der Waals surface area (Å²) in [5, 5.41) is -0.505. The highest BCUT2D eigenvalue weighted by molar-refractivity contribution is 8.00. The predicted octanol–water partition coefficient (Wildman–Crippen LogP) is 4.64. The average molecular weight is 604 g/mol. The number of H-pyrrole nitrogens is 1. The number of nitrogens with zero attached hydrogens (tertiary/aromatic N) is 2. The topological polar surface area (TPSA) is 99.8 Å². The molecule has 214 valence electrons. The van der Waals surface area contributed by atoms with E-state index in [-0.39, 0.29) is 23.1 Å². The second kappa shape index (κ2) is 10.7. The Balaban J connectivity index is 1.32. The highest BCUT2D eigenvalue weighted by atomic mass is 32.2. The molecular formula is C28H24F3N3O5S2. The molecule has 3 aromatic rings. The van der Waals surface area contributed by atoms with E-state index >= 15 is 0 Å². The molecule has 0 spiro atoms. The van der Waals surface area contributed by atoms with Gasteiger partial charge in [-0.25, -0.2) is 4.90 Å². The van der Waals surface area contributed by atoms with E-state index in [1.807, 2.05) is 0 Å². The summed E-state index contributed by atoms with van der Waals surface area (Å²) >= 11 is 1.97. The van der Waals surface area contributed by atoms with Gasteiger partial charge in [0.2, 0.25) is 11.8 Å². The van der Waals surface area contributed by atoms with Gasteiger partial charge in [-0.3, -0.25) is 19.2 Å². The number of hydrogen-bond acceptors (Lipinski definition) is 7. The number of alkyl halides is 3. The molecule has 4 heterocycles. The number of carbonyl (C=O) groups is 3. The van der Waals surface area contributed by atoms with Crippen LogP contribution in [0.1, 0.15) is 41.2 Å². The van der Waals surface area contributed by atoms with Gasteiger partial charge in [-0.05, 0) is 55.2 Å². The molecule has 41 heavy (non-hydrogen) atoms. The van der Waals surface area contributed by atoms with Crippen LogP contribution in [0.25, 0.3) is 0 Å². The molecule has 0 saturated carbocycles. The highest BCUT2D eigenvalue weighted by Gasteiger charge is 2.56. The van der Waals surface area contributed by atoms with Crippen LogP contribution in [-0.4, -0.2) is 52.6 Å². The van der Waals surface area contributed by atoms with Gasteiger partial charge in [0.1, 0.15) is 11.0 Å². The minimum atomic E-state index is -4.65. The van der Waals surface area contributed by atoms with Gasteiger partial charge in [0.15, 0.2) is 6.61 Å². The third-order valence-electron chi connectivity index (χ3n) is 7.54. The summed E-state index contributed by atoms with van der Waals surface area (Å²) < 4.78 is 46.0. The molecule has 0 radical (unpaired) electrons. The Labute approximate surface area is 240 Å². The first-order valence-corrected chi connectivity index (χ1v) is 14.8. The van der Waals surface area contributed by atoms with Gasteiger partial charge in [-0.1, -0.05) is 41.3 Å². The fourth-order valence-electron chi connectivity index (χ4n) is 5.63. The monoisotopic (exact) mass is 603 g/mol. The van der Waals surface area contributed by atoms with Crippen LogP contribution in [0.15, 0.2) is 58.4 Å². The van der Waals surface area contributed by atoms with Crippen molar-refractivity contribution >= 4 is 46.5 Å². The molecule has 3 aliphatic heterocycles. The number of anilines is 1. The van der Waals surface area contributed by atoms with Gasteiger partial charge in [-0.2, -0.15) is 13.2 Å². The minimum absolute atomic E-state index is 0.122. The Kier molecular flexibility index (Phi) is 7.18. The summed E-state index contributed by atoms with van der Waals surface area (Å²) in [6.07, 6.45) is -1.65. The first-order chi connectivity index (χ1) is 19.6. The lowest BCUT2D eigenvalue weighted by molar-refractivity contribution is -0.137. The Morgan fingerprint density at radius 2 is 1.76 bits per heavy atom. The number of likely N-dealkylation sites (tertiary alicyclic amines) is 1. The zero-order valence-electron chi connectivity index (χ0n) is 21.5. The van der Waals surface area contributed by atoms with Crippen LogP contribution in [0.5, 0.6) is 5.75 Å². The van der Waals surface area contributed by atoms with Gasteiger partial charge in [0.05, 0.1) is 22.2 Å². The second-order valence-corrected chi connectivity index (χ2v) is 12.3. The minimum Gasteiger partial charge on any atom is -0.484 e. The van der Waals surface area contributed by atoms with Crippen molar-refractivity contribution in [1.29, 1.82) is 0 Å². The number of carbonyl (C=O) groups excluding carboxylic acids is 3. The van der Waals surface area contributed by atoms with Crippen LogP contribution < -0.4 is 14.5 Å². The SMILES string of the molecule is O=C(COc1cccc([C@H]2c3sc(=O)[nH]c3SC3C(=O)N(c4cccc(C(F)(F)F)c4)C(=O)C32)c1)N1CCCCC1. The Morgan fingerprint density at radius 1 is 1.00 bits per heavy atom. The number of imide groups is 1. The summed E-state index contributed by atoms with van der Waals surface area (Å²) in [6, 6.07) is 10.9. The Morgan fingerprint density at radius 3 is 2.51 bits per heavy atom. The molecule has 3 aliphatic rings. The van der Waals surface area contributed by atoms with E-state index in [0.717, 1.165) is 65.5 Å². The zero-order chi connectivity index (χ0) is 28.9. The molecule has 1 aromatic heterocycles. The van der Waals surface area contributed by atoms with E-state index in [9.17, 15) is 32.3 Å². The molecule has 6 rings (SSSR count). The fraction of sp³-hybridized carbons (Fsp3) is 0.357. The maximum atomic E-state index is 13.8. The third kappa shape index (κ3) is 5.16. The van der Waals surface area contributed by atoms with Crippen LogP contribution in [0.4, 0.5) is 18.9 Å². The van der Waals surface area contributed by atoms with Crippen molar-refractivity contribution in [3.8, 4) is 5.75 Å². The first kappa shape index (κ1) is 27.6. The van der Waals surface area contributed by atoms with Gasteiger partial charge in [-0.15, -0.1) is 0 Å². The smallest absolute Gasteiger partial charge is 0.416 e. The third-order valence-corrected chi connectivity index (χ3v) is 9.95. The number of aromatic amines is 1. The van der Waals surface area contributed by atoms with Gasteiger partial charge >= 0.3 is 11.0 Å². The number of benzene rings is 2. The number of halogens is 3. The molecule has 1 N–H and O–H groups in total. The molecule has 2 aromatic carbocycles. The van der Waals surface area contributed by atoms with Crippen molar-refractivity contribution in [1.82, 2.24) is 9.88 Å². The molecule has 2 saturated heterocycles. The van der Waals surface area contributed by atoms with Gasteiger partial charge in [0.25, 0.3) is 5.91 Å². The van der Waals surface area contributed by atoms with Crippen molar-refractivity contribution in [2.45, 2.75) is 41.6 Å². The lowest BCUT2D eigenvalue weighted by Crippen LogP contribution is -2.38. The van der Waals surface area contributed by atoms with Crippen LogP contribution in [0, 0.1) is 5.92 Å². The average Bonchev–Trinajstić information content (AvgIpc) is 3.45. The maximum absolute atomic E-state index is 13.8. The van der Waals surface area contributed by atoms with E-state index in [4.69, 9.17) is 4.74 Å². The summed E-state index contributed by atoms with van der Waals surface area (Å²) in [5.74, 6) is -2.72. The lowest BCUT2D eigenvalue weighted by Gasteiger charge is -2.30. The van der Waals surface area contributed by atoms with Crippen LogP contribution in [-0.2, 0) is 20.6 Å². The molecule has 3 amide bonds. The molecule has 2 unspecified atom stereocenters. The summed E-state index contributed by atoms with van der Waals surface area (Å²) in [5.41, 5.74) is -0.539. The van der Waals surface area contributed by atoms with Crippen molar-refractivity contribution in [2.24, 2.45) is 5.92 Å². The van der Waals surface area contributed by atoms with Gasteiger partial charge in [0, 0.05) is 23.9 Å². The van der Waals surface area contributed by atoms with Crippen molar-refractivity contribution in [3.63, 3.8) is 0 Å². The van der Waals surface area contributed by atoms with E-state index in [1.165, 1.54) is 6.07 Å². The molecule has 13 heteroatoms. The van der Waals surface area contributed by atoms with Crippen LogP contribution in [0.3, 0.4) is 0 Å². The van der Waals surface area contributed by atoms with Crippen molar-refractivity contribution < 1.29 is 32.3 Å². The summed E-state index contributed by atoms with van der Waals surface area (Å²) in [4.78, 5) is 57.9. The van der Waals surface area contributed by atoms with E-state index < -0.39 is 40.6 Å². The van der Waals surface area contributed by atoms with Gasteiger partial charge < -0.3 is 14.6 Å². The fourth-order valence-corrected chi connectivity index (χ4v) is 8.14. The molecule has 8 nitrogen and oxygen atoms in total. The number of thioether (sulfide) groups is 1. The number of ether oxygens (including phenoxy) is 1. The number of thiazole rings is 1. The zero-order valence-corrected chi connectivity index (χ0v) is 23.1. The number of fused-ring (bicyclic) bond motifs is 2. The maximum Gasteiger partial charge on any atom is 0.416 e. The summed E-state index contributed by atoms with van der Waals surface area (Å²) in [7, 11) is 0. The van der Waals surface area contributed by atoms with E-state index in [1.54, 1.807) is 29.2 Å². The number of piperidine rings is 1. The van der Waals surface area contributed by atoms with Crippen molar-refractivity contribution in [3.05, 3.63) is 74.2 Å². The van der Waals surface area contributed by atoms with Crippen molar-refractivity contribution in [2.75, 3.05) is 24.6 Å². The number of hydrogen-bond donors (Lipinski definition) is 1. The normalized spacial score (nSPS) is 22.5. The number of aromatic nitrogens is 1. The number of rotatable bonds is 5. The standard InChI is InChI=1S/C28H24F3N3O5S2/c29-28(30,31)16-7-5-8-17(13-16)34-25(36)21-20(22-24(32-27(38)41-22)40-23(21)26(34)37)15-6-4-9-18(12-15)39-14-19(35)33-10-2-1-3-11-33/h4-9,12-13,20-21,23H,1-3,10-11,14H2,(H,32,38)/t20-,21?,23?/m1/s1. The Hall–Kier alpha value is -3.58. The number of amides is 3. The predicted molar refractivity (Wildman–Crippen MR) is 146 cm³/mol. The Bertz CT molecular complexity index is 1580.